The highest BCUT2D eigenvalue weighted by atomic mass is 32.2. The van der Waals surface area contributed by atoms with Crippen LogP contribution in [-0.4, -0.2) is 99.3 Å². The number of rotatable bonds is 10. The average Bonchev–Trinajstić information content (AvgIpc) is 3.76. The van der Waals surface area contributed by atoms with Gasteiger partial charge in [0.05, 0.1) is 12.2 Å². The Morgan fingerprint density at radius 3 is 2.72 bits per heavy atom. The van der Waals surface area contributed by atoms with Gasteiger partial charge in [0.25, 0.3) is 11.8 Å². The fourth-order valence-electron chi connectivity index (χ4n) is 5.43. The number of nitrogens with two attached hydrogens (primary N) is 2. The Bertz CT molecular complexity index is 1830. The highest BCUT2D eigenvalue weighted by Gasteiger charge is 2.55. The van der Waals surface area contributed by atoms with E-state index in [9.17, 15) is 29.4 Å². The molecule has 3 aliphatic heterocycles. The number of aromatic nitrogens is 5. The number of imidazole rings is 1. The highest BCUT2D eigenvalue weighted by Crippen LogP contribution is 2.40. The predicted octanol–water partition coefficient (Wildman–Crippen LogP) is -1.10. The maximum absolute atomic E-state index is 13.4. The number of hydrogen-bond donors (Lipinski definition) is 6. The summed E-state index contributed by atoms with van der Waals surface area (Å²) in [6.45, 7) is 4.24. The third-order valence-corrected chi connectivity index (χ3v) is 9.68. The van der Waals surface area contributed by atoms with Crippen molar-refractivity contribution >= 4 is 75.0 Å². The van der Waals surface area contributed by atoms with Gasteiger partial charge < -0.3 is 37.2 Å². The molecule has 3 aromatic heterocycles. The van der Waals surface area contributed by atoms with E-state index in [1.54, 1.807) is 10.8 Å². The Balaban J connectivity index is 1.24. The molecule has 242 valence electrons. The molecule has 6 rings (SSSR count). The van der Waals surface area contributed by atoms with Gasteiger partial charge in [0.1, 0.15) is 29.2 Å². The number of carbonyl (C=O) groups is 4. The summed E-state index contributed by atoms with van der Waals surface area (Å²) in [5, 5.41) is 28.4. The number of aliphatic carboxylic acids is 2. The summed E-state index contributed by atoms with van der Waals surface area (Å²) in [7, 11) is 0. The van der Waals surface area contributed by atoms with Gasteiger partial charge in [-0.3, -0.25) is 19.1 Å². The van der Waals surface area contributed by atoms with Gasteiger partial charge in [0.15, 0.2) is 5.13 Å². The van der Waals surface area contributed by atoms with E-state index in [0.717, 1.165) is 41.5 Å². The molecule has 0 aromatic carbocycles. The molecule has 0 bridgehead atoms. The van der Waals surface area contributed by atoms with Crippen LogP contribution in [0.3, 0.4) is 0 Å². The number of nitrogen functional groups attached to an aromatic ring is 2. The average molecular weight is 673 g/mol. The molecular formula is C26H30N11O7S2+. The molecular weight excluding hydrogens is 642 g/mol. The Morgan fingerprint density at radius 2 is 2.07 bits per heavy atom. The molecule has 20 heteroatoms. The maximum Gasteiger partial charge on any atom is 0.352 e. The first-order chi connectivity index (χ1) is 21.9. The summed E-state index contributed by atoms with van der Waals surface area (Å²) in [5.41, 5.74) is 11.4. The first kappa shape index (κ1) is 31.2. The van der Waals surface area contributed by atoms with Crippen LogP contribution < -0.4 is 26.7 Å². The lowest BCUT2D eigenvalue weighted by Gasteiger charge is -2.49. The summed E-state index contributed by atoms with van der Waals surface area (Å²) in [5.74, 6) is -3.84. The van der Waals surface area contributed by atoms with Crippen LogP contribution >= 0.6 is 23.3 Å². The van der Waals surface area contributed by atoms with Crippen molar-refractivity contribution in [3.63, 3.8) is 0 Å². The number of carboxylic acids is 2. The Kier molecular flexibility index (Phi) is 8.02. The molecule has 2 unspecified atom stereocenters. The number of amides is 2. The molecule has 6 heterocycles. The number of thioether (sulfide) groups is 1. The fraction of sp³-hybridized carbons (Fsp3) is 0.423. The van der Waals surface area contributed by atoms with E-state index in [1.165, 1.54) is 25.6 Å². The first-order valence-electron chi connectivity index (χ1n) is 14.0. The van der Waals surface area contributed by atoms with Crippen LogP contribution in [0.1, 0.15) is 32.1 Å². The molecule has 8 N–H and O–H groups in total. The molecule has 0 spiro atoms. The number of carboxylic acid groups (broad SMARTS) is 2. The Hall–Kier alpha value is -4.82. The third kappa shape index (κ3) is 5.47. The lowest BCUT2D eigenvalue weighted by atomic mass is 10.0. The van der Waals surface area contributed by atoms with Crippen molar-refractivity contribution in [3.05, 3.63) is 35.4 Å². The zero-order valence-corrected chi connectivity index (χ0v) is 26.2. The topological polar surface area (TPSA) is 257 Å². The number of pyridine rings is 1. The largest absolute Gasteiger partial charge is 0.478 e. The van der Waals surface area contributed by atoms with Crippen molar-refractivity contribution < 1.29 is 38.8 Å². The van der Waals surface area contributed by atoms with E-state index in [4.69, 9.17) is 16.3 Å². The van der Waals surface area contributed by atoms with Crippen molar-refractivity contribution in [2.24, 2.45) is 5.16 Å². The summed E-state index contributed by atoms with van der Waals surface area (Å²) < 4.78 is 7.74. The number of oxime groups is 1. The molecule has 2 saturated heterocycles. The predicted molar refractivity (Wildman–Crippen MR) is 164 cm³/mol. The molecule has 0 aliphatic carbocycles. The second-order valence-corrected chi connectivity index (χ2v) is 13.1. The minimum atomic E-state index is -1.80. The number of hydrogen-bond acceptors (Lipinski definition) is 14. The van der Waals surface area contributed by atoms with Crippen molar-refractivity contribution in [1.29, 1.82) is 0 Å². The monoisotopic (exact) mass is 672 g/mol. The summed E-state index contributed by atoms with van der Waals surface area (Å²) >= 11 is 2.06. The summed E-state index contributed by atoms with van der Waals surface area (Å²) in [4.78, 5) is 65.5. The molecule has 3 aromatic rings. The van der Waals surface area contributed by atoms with Crippen LogP contribution in [0.25, 0.3) is 11.2 Å². The van der Waals surface area contributed by atoms with Gasteiger partial charge in [-0.1, -0.05) is 5.16 Å². The zero-order chi connectivity index (χ0) is 32.9. The van der Waals surface area contributed by atoms with Gasteiger partial charge in [-0.25, -0.2) is 14.2 Å². The fourth-order valence-corrected chi connectivity index (χ4v) is 7.20. The van der Waals surface area contributed by atoms with Crippen LogP contribution in [0.2, 0.25) is 0 Å². The summed E-state index contributed by atoms with van der Waals surface area (Å²) in [6.07, 6.45) is 2.69. The molecule has 0 saturated carbocycles. The minimum absolute atomic E-state index is 0.0176. The van der Waals surface area contributed by atoms with Crippen LogP contribution in [0.5, 0.6) is 0 Å². The molecule has 3 aliphatic rings. The Labute approximate surface area is 268 Å². The van der Waals surface area contributed by atoms with E-state index < -0.39 is 46.5 Å². The van der Waals surface area contributed by atoms with Crippen molar-refractivity contribution in [1.82, 2.24) is 34.4 Å². The van der Waals surface area contributed by atoms with Gasteiger partial charge in [-0.05, 0) is 43.9 Å². The lowest BCUT2D eigenvalue weighted by molar-refractivity contribution is -0.664. The number of anilines is 2. The van der Waals surface area contributed by atoms with Gasteiger partial charge in [0.2, 0.25) is 17.1 Å². The SMILES string of the molecule is CC(C)(O/N=C(\C(=O)NC1C(=O)N2C(C(=O)O)=C(C[n+]3cccc4c3nc(N)n4[C@@H]3CCNC3)CSC12)c1nsc(N)n1)C(=O)O. The van der Waals surface area contributed by atoms with E-state index >= 15 is 0 Å². The second-order valence-electron chi connectivity index (χ2n) is 11.3. The normalized spacial score (nSPS) is 21.7. The molecule has 2 amide bonds. The third-order valence-electron chi connectivity index (χ3n) is 7.79. The number of β-lactam (4-membered cyclic amide) rings is 1. The van der Waals surface area contributed by atoms with Gasteiger partial charge in [-0.2, -0.15) is 9.36 Å². The quantitative estimate of drug-likeness (QED) is 0.0647. The molecule has 3 atom stereocenters. The number of carbonyl (C=O) groups excluding carboxylic acids is 2. The molecule has 0 radical (unpaired) electrons. The standard InChI is InChI=1S/C26H29N11O7S2/c1-26(2,23(42)43)44-33-14(17-31-25(28)46-34-17)19(38)30-15-20(39)37-16(22(40)41)11(10-45-21(15)37)9-35-7-3-4-13-18(35)32-24(27)36(13)12-5-6-29-8-12/h3-4,7,12,15,21,27,29H,5-6,8-10H2,1-2H3,(H5,28,30,31,34,38,40,41,42,43)/p+1/b33-14-/t12-,15?,21?/m1/s1. The summed E-state index contributed by atoms with van der Waals surface area (Å²) in [6, 6.07) is 2.79. The lowest BCUT2D eigenvalue weighted by Crippen LogP contribution is -2.71. The molecule has 46 heavy (non-hydrogen) atoms. The van der Waals surface area contributed by atoms with E-state index in [0.29, 0.717) is 17.2 Å². The van der Waals surface area contributed by atoms with Crippen LogP contribution in [0.4, 0.5) is 11.1 Å². The molecule has 2 fully saturated rings. The van der Waals surface area contributed by atoms with Crippen LogP contribution in [0.15, 0.2) is 34.8 Å². The van der Waals surface area contributed by atoms with E-state index in [1.807, 2.05) is 16.7 Å². The highest BCUT2D eigenvalue weighted by molar-refractivity contribution is 8.00. The van der Waals surface area contributed by atoms with Gasteiger partial charge in [-0.15, -0.1) is 11.8 Å². The number of fused-ring (bicyclic) bond motifs is 2. The number of nitrogens with zero attached hydrogens (tertiary/aromatic N) is 7. The second kappa shape index (κ2) is 11.8. The van der Waals surface area contributed by atoms with E-state index in [2.05, 4.69) is 30.1 Å². The van der Waals surface area contributed by atoms with Gasteiger partial charge in [0, 0.05) is 29.4 Å². The molecule has 18 nitrogen and oxygen atoms in total. The number of nitrogens with one attached hydrogen (secondary N) is 2. The smallest absolute Gasteiger partial charge is 0.352 e. The van der Waals surface area contributed by atoms with Crippen molar-refractivity contribution in [3.8, 4) is 0 Å². The van der Waals surface area contributed by atoms with Crippen LogP contribution in [-0.2, 0) is 30.6 Å². The first-order valence-corrected chi connectivity index (χ1v) is 15.9. The zero-order valence-electron chi connectivity index (χ0n) is 24.5. The van der Waals surface area contributed by atoms with Crippen LogP contribution in [0, 0.1) is 0 Å². The maximum atomic E-state index is 13.4. The minimum Gasteiger partial charge on any atom is -0.478 e. The Morgan fingerprint density at radius 1 is 1.28 bits per heavy atom. The van der Waals surface area contributed by atoms with E-state index in [-0.39, 0.29) is 35.0 Å². The van der Waals surface area contributed by atoms with Gasteiger partial charge >= 0.3 is 23.5 Å². The van der Waals surface area contributed by atoms with Crippen molar-refractivity contribution in [2.75, 3.05) is 30.3 Å². The van der Waals surface area contributed by atoms with Crippen molar-refractivity contribution in [2.45, 2.75) is 49.9 Å².